The number of nitro benzene ring substituents is 1. The van der Waals surface area contributed by atoms with Crippen molar-refractivity contribution in [1.82, 2.24) is 14.8 Å². The summed E-state index contributed by atoms with van der Waals surface area (Å²) in [6.45, 7) is 0. The Kier molecular flexibility index (Phi) is 3.60. The van der Waals surface area contributed by atoms with E-state index in [9.17, 15) is 14.9 Å². The summed E-state index contributed by atoms with van der Waals surface area (Å²) in [6.07, 6.45) is 1.29. The fraction of sp³-hybridized carbons (Fsp3) is 0.182. The van der Waals surface area contributed by atoms with Gasteiger partial charge in [0.15, 0.2) is 0 Å². The van der Waals surface area contributed by atoms with Gasteiger partial charge in [-0.05, 0) is 6.07 Å². The summed E-state index contributed by atoms with van der Waals surface area (Å²) >= 11 is 0. The number of hydrogen-bond acceptors (Lipinski definition) is 6. The van der Waals surface area contributed by atoms with Crippen LogP contribution < -0.4 is 10.6 Å². The monoisotopic (exact) mass is 276 g/mol. The summed E-state index contributed by atoms with van der Waals surface area (Å²) in [5.41, 5.74) is 0.139. The van der Waals surface area contributed by atoms with Crippen molar-refractivity contribution in [2.45, 2.75) is 0 Å². The van der Waals surface area contributed by atoms with Crippen LogP contribution in [0.5, 0.6) is 0 Å². The molecule has 0 aliphatic carbocycles. The fourth-order valence-electron chi connectivity index (χ4n) is 1.72. The van der Waals surface area contributed by atoms with Crippen LogP contribution in [0.3, 0.4) is 0 Å². The topological polar surface area (TPSA) is 115 Å². The second-order valence-electron chi connectivity index (χ2n) is 3.87. The number of nitrogens with one attached hydrogen (secondary N) is 2. The summed E-state index contributed by atoms with van der Waals surface area (Å²) in [7, 11) is 3.14. The number of rotatable bonds is 4. The van der Waals surface area contributed by atoms with E-state index in [-0.39, 0.29) is 22.9 Å². The minimum atomic E-state index is -0.551. The SMILES string of the molecule is CNc1c(C(=O)Nc2ncnn2C)cccc1[N+](=O)[O-]. The van der Waals surface area contributed by atoms with Crippen LogP contribution in [0.4, 0.5) is 17.3 Å². The van der Waals surface area contributed by atoms with E-state index in [1.54, 1.807) is 7.05 Å². The highest BCUT2D eigenvalue weighted by molar-refractivity contribution is 6.08. The minimum absolute atomic E-state index is 0.150. The summed E-state index contributed by atoms with van der Waals surface area (Å²) in [5, 5.41) is 20.0. The van der Waals surface area contributed by atoms with Crippen LogP contribution >= 0.6 is 0 Å². The van der Waals surface area contributed by atoms with Gasteiger partial charge < -0.3 is 5.32 Å². The van der Waals surface area contributed by atoms with Crippen molar-refractivity contribution in [1.29, 1.82) is 0 Å². The van der Waals surface area contributed by atoms with Crippen molar-refractivity contribution in [2.75, 3.05) is 17.7 Å². The van der Waals surface area contributed by atoms with Crippen LogP contribution in [0.25, 0.3) is 0 Å². The number of para-hydroxylation sites is 1. The molecule has 104 valence electrons. The summed E-state index contributed by atoms with van der Waals surface area (Å²) in [6, 6.07) is 4.26. The molecular weight excluding hydrogens is 264 g/mol. The molecule has 0 bridgehead atoms. The third kappa shape index (κ3) is 2.41. The average molecular weight is 276 g/mol. The molecule has 2 N–H and O–H groups in total. The van der Waals surface area contributed by atoms with Gasteiger partial charge in [0.1, 0.15) is 12.0 Å². The smallest absolute Gasteiger partial charge is 0.293 e. The Morgan fingerprint density at radius 2 is 2.20 bits per heavy atom. The van der Waals surface area contributed by atoms with Crippen molar-refractivity contribution in [3.8, 4) is 0 Å². The number of nitro groups is 1. The molecule has 1 aromatic carbocycles. The Morgan fingerprint density at radius 3 is 2.75 bits per heavy atom. The number of aromatic nitrogens is 3. The zero-order valence-corrected chi connectivity index (χ0v) is 10.8. The number of anilines is 2. The highest BCUT2D eigenvalue weighted by atomic mass is 16.6. The molecule has 0 spiro atoms. The van der Waals surface area contributed by atoms with E-state index in [0.717, 1.165) is 0 Å². The lowest BCUT2D eigenvalue weighted by molar-refractivity contribution is -0.384. The molecule has 0 fully saturated rings. The van der Waals surface area contributed by atoms with Crippen LogP contribution in [0.1, 0.15) is 10.4 Å². The molecule has 1 heterocycles. The predicted octanol–water partition coefficient (Wildman–Crippen LogP) is 1.02. The Balaban J connectivity index is 2.37. The number of hydrogen-bond donors (Lipinski definition) is 2. The van der Waals surface area contributed by atoms with Gasteiger partial charge in [0.25, 0.3) is 11.6 Å². The molecule has 9 heteroatoms. The number of aryl methyl sites for hydroxylation is 1. The van der Waals surface area contributed by atoms with Gasteiger partial charge in [0.2, 0.25) is 5.95 Å². The standard InChI is InChI=1S/C11H12N6O3/c1-12-9-7(4-3-5-8(9)17(19)20)10(18)15-11-13-6-14-16(11)2/h3-6,12H,1-2H3,(H,13,14,15,18). The first-order valence-corrected chi connectivity index (χ1v) is 5.65. The van der Waals surface area contributed by atoms with Crippen LogP contribution in [0, 0.1) is 10.1 Å². The lowest BCUT2D eigenvalue weighted by atomic mass is 10.1. The van der Waals surface area contributed by atoms with Crippen molar-refractivity contribution in [3.05, 3.63) is 40.2 Å². The molecule has 0 saturated heterocycles. The zero-order valence-electron chi connectivity index (χ0n) is 10.8. The predicted molar refractivity (Wildman–Crippen MR) is 71.6 cm³/mol. The summed E-state index contributed by atoms with van der Waals surface area (Å²) in [5.74, 6) is -0.252. The number of amides is 1. The van der Waals surface area contributed by atoms with E-state index in [1.165, 1.54) is 36.3 Å². The average Bonchev–Trinajstić information content (AvgIpc) is 2.83. The number of carbonyl (C=O) groups excluding carboxylic acids is 1. The zero-order chi connectivity index (χ0) is 14.7. The molecule has 2 rings (SSSR count). The highest BCUT2D eigenvalue weighted by Crippen LogP contribution is 2.28. The van der Waals surface area contributed by atoms with Gasteiger partial charge in [-0.25, -0.2) is 4.68 Å². The highest BCUT2D eigenvalue weighted by Gasteiger charge is 2.21. The lowest BCUT2D eigenvalue weighted by Crippen LogP contribution is -2.17. The van der Waals surface area contributed by atoms with E-state index < -0.39 is 10.8 Å². The Labute approximate surface area is 113 Å². The third-order valence-electron chi connectivity index (χ3n) is 2.67. The first-order valence-electron chi connectivity index (χ1n) is 5.65. The number of nitrogens with zero attached hydrogens (tertiary/aromatic N) is 4. The molecule has 1 amide bonds. The first kappa shape index (κ1) is 13.5. The van der Waals surface area contributed by atoms with E-state index in [4.69, 9.17) is 0 Å². The van der Waals surface area contributed by atoms with Crippen LogP contribution in [0.2, 0.25) is 0 Å². The molecule has 20 heavy (non-hydrogen) atoms. The molecule has 2 aromatic rings. The first-order chi connectivity index (χ1) is 9.54. The molecule has 0 unspecified atom stereocenters. The van der Waals surface area contributed by atoms with Crippen LogP contribution in [-0.4, -0.2) is 32.6 Å². The fourth-order valence-corrected chi connectivity index (χ4v) is 1.72. The Hall–Kier alpha value is -2.97. The molecule has 0 aliphatic heterocycles. The minimum Gasteiger partial charge on any atom is -0.382 e. The Bertz CT molecular complexity index is 666. The number of benzene rings is 1. The van der Waals surface area contributed by atoms with Crippen molar-refractivity contribution >= 4 is 23.2 Å². The van der Waals surface area contributed by atoms with Gasteiger partial charge >= 0.3 is 0 Å². The van der Waals surface area contributed by atoms with Crippen molar-refractivity contribution in [3.63, 3.8) is 0 Å². The maximum atomic E-state index is 12.2. The molecule has 1 aromatic heterocycles. The van der Waals surface area contributed by atoms with Crippen LogP contribution in [-0.2, 0) is 7.05 Å². The van der Waals surface area contributed by atoms with Gasteiger partial charge in [-0.1, -0.05) is 6.07 Å². The van der Waals surface area contributed by atoms with Crippen molar-refractivity contribution < 1.29 is 9.72 Å². The quantitative estimate of drug-likeness (QED) is 0.636. The van der Waals surface area contributed by atoms with E-state index in [1.807, 2.05) is 0 Å². The lowest BCUT2D eigenvalue weighted by Gasteiger charge is -2.09. The summed E-state index contributed by atoms with van der Waals surface area (Å²) in [4.78, 5) is 26.4. The molecule has 0 radical (unpaired) electrons. The van der Waals surface area contributed by atoms with Gasteiger partial charge in [-0.3, -0.25) is 20.2 Å². The normalized spacial score (nSPS) is 10.1. The molecular formula is C11H12N6O3. The summed E-state index contributed by atoms with van der Waals surface area (Å²) < 4.78 is 1.38. The van der Waals surface area contributed by atoms with Gasteiger partial charge in [-0.2, -0.15) is 10.1 Å². The van der Waals surface area contributed by atoms with Gasteiger partial charge in [0.05, 0.1) is 10.5 Å². The van der Waals surface area contributed by atoms with E-state index in [2.05, 4.69) is 20.7 Å². The van der Waals surface area contributed by atoms with Gasteiger partial charge in [0, 0.05) is 20.2 Å². The molecule has 0 aliphatic rings. The largest absolute Gasteiger partial charge is 0.382 e. The van der Waals surface area contributed by atoms with E-state index >= 15 is 0 Å². The third-order valence-corrected chi connectivity index (χ3v) is 2.67. The molecule has 0 atom stereocenters. The molecule has 0 saturated carbocycles. The maximum Gasteiger partial charge on any atom is 0.293 e. The van der Waals surface area contributed by atoms with Crippen LogP contribution in [0.15, 0.2) is 24.5 Å². The van der Waals surface area contributed by atoms with E-state index in [0.29, 0.717) is 0 Å². The van der Waals surface area contributed by atoms with Crippen molar-refractivity contribution in [2.24, 2.45) is 7.05 Å². The number of carbonyl (C=O) groups is 1. The molecule has 9 nitrogen and oxygen atoms in total. The maximum absolute atomic E-state index is 12.2. The second kappa shape index (κ2) is 5.34. The Morgan fingerprint density at radius 1 is 1.45 bits per heavy atom. The second-order valence-corrected chi connectivity index (χ2v) is 3.87. The van der Waals surface area contributed by atoms with Gasteiger partial charge in [-0.15, -0.1) is 0 Å².